The van der Waals surface area contributed by atoms with E-state index < -0.39 is 0 Å². The van der Waals surface area contributed by atoms with E-state index in [4.69, 9.17) is 0 Å². The summed E-state index contributed by atoms with van der Waals surface area (Å²) < 4.78 is 3.89. The molecular weight excluding hydrogens is 757 g/mol. The average Bonchev–Trinajstić information content (AvgIpc) is 3.84. The number of phenols is 2. The van der Waals surface area contributed by atoms with Crippen LogP contribution in [0.2, 0.25) is 0 Å². The third-order valence-electron chi connectivity index (χ3n) is 13.0. The van der Waals surface area contributed by atoms with Gasteiger partial charge in [0.25, 0.3) is 0 Å². The molecule has 0 amide bonds. The topological polar surface area (TPSA) is 40.5 Å². The van der Waals surface area contributed by atoms with Gasteiger partial charge in [0.2, 0.25) is 0 Å². The molecule has 2 heterocycles. The van der Waals surface area contributed by atoms with Crippen LogP contribution in [0, 0.1) is 34.6 Å². The highest BCUT2D eigenvalue weighted by Gasteiger charge is 2.26. The third kappa shape index (κ3) is 5.16. The Kier molecular flexibility index (Phi) is 8.04. The van der Waals surface area contributed by atoms with Gasteiger partial charge in [-0.05, 0) is 137 Å². The van der Waals surface area contributed by atoms with E-state index in [9.17, 15) is 10.2 Å². The van der Waals surface area contributed by atoms with Crippen LogP contribution < -0.4 is 0 Å². The lowest BCUT2D eigenvalue weighted by Gasteiger charge is -2.22. The Labute approximate surface area is 350 Å². The summed E-state index contributed by atoms with van der Waals surface area (Å²) in [6.45, 7) is 10.2. The smallest absolute Gasteiger partial charge is 0.130 e. The van der Waals surface area contributed by atoms with Crippen LogP contribution in [0.5, 0.6) is 11.5 Å². The summed E-state index contributed by atoms with van der Waals surface area (Å²) in [6, 6.07) is 51.0. The molecule has 2 N–H and O–H groups in total. The monoisotopic (exact) mass is 796 g/mol. The molecule has 59 heavy (non-hydrogen) atoms. The van der Waals surface area contributed by atoms with Crippen LogP contribution in [0.25, 0.3) is 106 Å². The third-order valence-corrected chi connectivity index (χ3v) is 15.3. The second-order valence-electron chi connectivity index (χ2n) is 16.0. The normalized spacial score (nSPS) is 11.9. The van der Waals surface area contributed by atoms with E-state index >= 15 is 0 Å². The highest BCUT2D eigenvalue weighted by atomic mass is 32.1. The van der Waals surface area contributed by atoms with Crippen molar-refractivity contribution in [2.45, 2.75) is 34.6 Å². The van der Waals surface area contributed by atoms with Gasteiger partial charge in [0.05, 0.1) is 0 Å². The Morgan fingerprint density at radius 1 is 0.322 bits per heavy atom. The van der Waals surface area contributed by atoms with Crippen molar-refractivity contribution < 1.29 is 10.2 Å². The maximum Gasteiger partial charge on any atom is 0.130 e. The van der Waals surface area contributed by atoms with Crippen LogP contribution >= 0.6 is 22.7 Å². The van der Waals surface area contributed by atoms with Crippen LogP contribution in [0.4, 0.5) is 0 Å². The minimum atomic E-state index is 0.119. The molecule has 4 heteroatoms. The number of benzene rings is 9. The van der Waals surface area contributed by atoms with E-state index in [1.54, 1.807) is 0 Å². The minimum absolute atomic E-state index is 0.119. The first-order valence-electron chi connectivity index (χ1n) is 20.1. The Hall–Kier alpha value is -6.46. The number of thiophene rings is 2. The van der Waals surface area contributed by atoms with Gasteiger partial charge in [0, 0.05) is 62.6 Å². The molecule has 2 aromatic heterocycles. The fourth-order valence-electron chi connectivity index (χ4n) is 9.71. The fourth-order valence-corrected chi connectivity index (χ4v) is 12.0. The maximum atomic E-state index is 11.9. The second kappa shape index (κ2) is 13.3. The molecule has 0 spiro atoms. The van der Waals surface area contributed by atoms with Gasteiger partial charge in [-0.2, -0.15) is 0 Å². The van der Waals surface area contributed by atoms with E-state index in [2.05, 4.69) is 167 Å². The molecule has 284 valence electrons. The van der Waals surface area contributed by atoms with Crippen molar-refractivity contribution in [3.05, 3.63) is 167 Å². The fraction of sp³-hybridized carbons (Fsp3) is 0.0909. The zero-order valence-corrected chi connectivity index (χ0v) is 35.1. The highest BCUT2D eigenvalue weighted by Crippen LogP contribution is 2.53. The summed E-state index contributed by atoms with van der Waals surface area (Å²) in [6.07, 6.45) is 0. The Morgan fingerprint density at radius 2 is 0.831 bits per heavy atom. The van der Waals surface area contributed by atoms with E-state index in [-0.39, 0.29) is 11.5 Å². The van der Waals surface area contributed by atoms with Crippen molar-refractivity contribution in [2.24, 2.45) is 0 Å². The number of fused-ring (bicyclic) bond motifs is 7. The summed E-state index contributed by atoms with van der Waals surface area (Å²) >= 11 is 3.73. The Balaban J connectivity index is 1.20. The summed E-state index contributed by atoms with van der Waals surface area (Å²) in [7, 11) is 0. The average molecular weight is 797 g/mol. The molecule has 2 nitrogen and oxygen atoms in total. The molecule has 0 aliphatic rings. The predicted octanol–water partition coefficient (Wildman–Crippen LogP) is 16.4. The highest BCUT2D eigenvalue weighted by molar-refractivity contribution is 7.26. The summed E-state index contributed by atoms with van der Waals surface area (Å²) in [5.41, 5.74) is 12.6. The van der Waals surface area contributed by atoms with Crippen molar-refractivity contribution in [3.63, 3.8) is 0 Å². The van der Waals surface area contributed by atoms with Gasteiger partial charge in [-0.15, -0.1) is 22.7 Å². The lowest BCUT2D eigenvalue weighted by Crippen LogP contribution is -1.98. The summed E-state index contributed by atoms with van der Waals surface area (Å²) in [4.78, 5) is 1.27. The van der Waals surface area contributed by atoms with E-state index in [1.807, 2.05) is 29.6 Å². The second-order valence-corrected chi connectivity index (χ2v) is 18.1. The van der Waals surface area contributed by atoms with Crippen LogP contribution in [0.3, 0.4) is 0 Å². The SMILES string of the molecule is Cc1c(C)c(C)c2c(-c3cccc(-c4c5ccccc5c(-c5c(-c6ccc7sc8ccccc8c7c6)sc6ccccc56)c5ccccc45)c3)c(O)c(C)c(O)c2c1C. The molecular formula is C55H40O2S2. The van der Waals surface area contributed by atoms with Crippen molar-refractivity contribution in [3.8, 4) is 55.3 Å². The molecule has 9 aromatic carbocycles. The van der Waals surface area contributed by atoms with Crippen LogP contribution in [-0.2, 0) is 0 Å². The molecule has 0 radical (unpaired) electrons. The molecule has 0 fully saturated rings. The number of phenolic OH excluding ortho intramolecular Hbond substituents is 2. The zero-order valence-electron chi connectivity index (χ0n) is 33.5. The van der Waals surface area contributed by atoms with E-state index in [0.717, 1.165) is 49.7 Å². The molecule has 0 saturated carbocycles. The molecule has 0 saturated heterocycles. The van der Waals surface area contributed by atoms with Gasteiger partial charge in [0.15, 0.2) is 0 Å². The van der Waals surface area contributed by atoms with Crippen molar-refractivity contribution in [2.75, 3.05) is 0 Å². The lowest BCUT2D eigenvalue weighted by atomic mass is 9.83. The number of aromatic hydroxyl groups is 2. The van der Waals surface area contributed by atoms with Gasteiger partial charge in [0.1, 0.15) is 11.5 Å². The largest absolute Gasteiger partial charge is 0.507 e. The van der Waals surface area contributed by atoms with Crippen molar-refractivity contribution >= 4 is 85.2 Å². The van der Waals surface area contributed by atoms with Crippen LogP contribution in [-0.4, -0.2) is 10.2 Å². The molecule has 0 atom stereocenters. The number of aryl methyl sites for hydroxylation is 2. The Bertz CT molecular complexity index is 3520. The van der Waals surface area contributed by atoms with Gasteiger partial charge >= 0.3 is 0 Å². The van der Waals surface area contributed by atoms with Gasteiger partial charge in [-0.1, -0.05) is 109 Å². The van der Waals surface area contributed by atoms with Crippen LogP contribution in [0.15, 0.2) is 140 Å². The summed E-state index contributed by atoms with van der Waals surface area (Å²) in [5, 5.41) is 33.7. The Morgan fingerprint density at radius 3 is 1.47 bits per heavy atom. The van der Waals surface area contributed by atoms with Crippen LogP contribution in [0.1, 0.15) is 27.8 Å². The maximum absolute atomic E-state index is 11.9. The first-order valence-corrected chi connectivity index (χ1v) is 21.8. The lowest BCUT2D eigenvalue weighted by molar-refractivity contribution is 0.449. The predicted molar refractivity (Wildman–Crippen MR) is 256 cm³/mol. The van der Waals surface area contributed by atoms with Gasteiger partial charge < -0.3 is 10.2 Å². The zero-order chi connectivity index (χ0) is 40.3. The standard InChI is InChI=1S/C55H40O2S2/c1-29-30(2)32(4)48-47(31(29)3)50(54(57)33(5)53(48)56)35-16-14-15-34(27-35)49-38-18-6-8-20-40(38)51(41-21-9-7-19-39(41)49)52-42-22-11-13-24-45(42)59-55(52)36-25-26-46-43(28-36)37-17-10-12-23-44(37)58-46/h6-28,56-57H,1-5H3. The number of rotatable bonds is 4. The van der Waals surface area contributed by atoms with Crippen molar-refractivity contribution in [1.82, 2.24) is 0 Å². The quantitative estimate of drug-likeness (QED) is 0.174. The molecule has 0 aliphatic carbocycles. The summed E-state index contributed by atoms with van der Waals surface area (Å²) in [5.74, 6) is 0.270. The number of hydrogen-bond donors (Lipinski definition) is 2. The van der Waals surface area contributed by atoms with E-state index in [0.29, 0.717) is 5.56 Å². The first kappa shape index (κ1) is 35.7. The molecule has 0 bridgehead atoms. The molecule has 11 aromatic rings. The molecule has 0 aliphatic heterocycles. The molecule has 0 unspecified atom stereocenters. The molecule has 11 rings (SSSR count). The van der Waals surface area contributed by atoms with Crippen molar-refractivity contribution in [1.29, 1.82) is 0 Å². The first-order chi connectivity index (χ1) is 28.7. The van der Waals surface area contributed by atoms with E-state index in [1.165, 1.54) is 78.9 Å². The minimum Gasteiger partial charge on any atom is -0.507 e. The number of hydrogen-bond acceptors (Lipinski definition) is 4. The van der Waals surface area contributed by atoms with Gasteiger partial charge in [-0.3, -0.25) is 0 Å². The van der Waals surface area contributed by atoms with Gasteiger partial charge in [-0.25, -0.2) is 0 Å².